The number of aliphatic carboxylic acids is 1. The second-order valence-electron chi connectivity index (χ2n) is 5.16. The summed E-state index contributed by atoms with van der Waals surface area (Å²) in [4.78, 5) is 23.7. The molecule has 102 valence electrons. The van der Waals surface area contributed by atoms with E-state index in [9.17, 15) is 14.7 Å². The van der Waals surface area contributed by atoms with Crippen LogP contribution < -0.4 is 0 Å². The minimum atomic E-state index is -0.865. The van der Waals surface area contributed by atoms with Crippen molar-refractivity contribution in [2.45, 2.75) is 32.6 Å². The fraction of sp³-hybridized carbons (Fsp3) is 0.467. The zero-order valence-electron chi connectivity index (χ0n) is 10.9. The number of carboxylic acid groups (broad SMARTS) is 1. The van der Waals surface area contributed by atoms with Crippen molar-refractivity contribution in [1.82, 2.24) is 0 Å². The molecule has 0 amide bonds. The summed E-state index contributed by atoms with van der Waals surface area (Å²) in [5, 5.41) is 9.77. The van der Waals surface area contributed by atoms with Crippen molar-refractivity contribution in [3.8, 4) is 0 Å². The van der Waals surface area contributed by atoms with Gasteiger partial charge in [0, 0.05) is 16.5 Å². The van der Waals surface area contributed by atoms with Crippen LogP contribution in [0.4, 0.5) is 0 Å². The molecule has 19 heavy (non-hydrogen) atoms. The van der Waals surface area contributed by atoms with Gasteiger partial charge in [-0.15, -0.1) is 0 Å². The van der Waals surface area contributed by atoms with Gasteiger partial charge in [-0.25, -0.2) is 0 Å². The van der Waals surface area contributed by atoms with E-state index in [4.69, 9.17) is 11.6 Å². The normalized spacial score (nSPS) is 23.1. The SMILES string of the molecule is Cc1ccc(C(=O)C2CCCCC2C(=O)O)cc1Cl. The van der Waals surface area contributed by atoms with E-state index in [1.165, 1.54) is 0 Å². The number of carbonyl (C=O) groups is 2. The van der Waals surface area contributed by atoms with Crippen molar-refractivity contribution in [2.75, 3.05) is 0 Å². The predicted octanol–water partition coefficient (Wildman–Crippen LogP) is 3.72. The van der Waals surface area contributed by atoms with Crippen LogP contribution in [0.5, 0.6) is 0 Å². The van der Waals surface area contributed by atoms with Gasteiger partial charge in [-0.3, -0.25) is 9.59 Å². The van der Waals surface area contributed by atoms with Crippen molar-refractivity contribution in [3.05, 3.63) is 34.3 Å². The molecule has 4 heteroatoms. The topological polar surface area (TPSA) is 54.4 Å². The molecule has 1 aliphatic rings. The predicted molar refractivity (Wildman–Crippen MR) is 73.6 cm³/mol. The van der Waals surface area contributed by atoms with Crippen LogP contribution in [0.15, 0.2) is 18.2 Å². The van der Waals surface area contributed by atoms with Gasteiger partial charge in [0.2, 0.25) is 0 Å². The molecular formula is C15H17ClO3. The van der Waals surface area contributed by atoms with Crippen LogP contribution >= 0.6 is 11.6 Å². The number of halogens is 1. The number of benzene rings is 1. The van der Waals surface area contributed by atoms with Crippen molar-refractivity contribution in [1.29, 1.82) is 0 Å². The van der Waals surface area contributed by atoms with Crippen LogP contribution in [0.2, 0.25) is 5.02 Å². The van der Waals surface area contributed by atoms with E-state index in [0.29, 0.717) is 23.4 Å². The maximum absolute atomic E-state index is 12.5. The lowest BCUT2D eigenvalue weighted by Gasteiger charge is -2.27. The van der Waals surface area contributed by atoms with E-state index in [1.54, 1.807) is 18.2 Å². The van der Waals surface area contributed by atoms with E-state index in [2.05, 4.69) is 0 Å². The summed E-state index contributed by atoms with van der Waals surface area (Å²) in [5.41, 5.74) is 1.44. The molecule has 0 spiro atoms. The van der Waals surface area contributed by atoms with Crippen molar-refractivity contribution >= 4 is 23.4 Å². The van der Waals surface area contributed by atoms with Gasteiger partial charge in [0.05, 0.1) is 5.92 Å². The molecule has 2 rings (SSSR count). The Labute approximate surface area is 117 Å². The van der Waals surface area contributed by atoms with Gasteiger partial charge in [0.1, 0.15) is 0 Å². The number of rotatable bonds is 3. The molecule has 1 aliphatic carbocycles. The average Bonchev–Trinajstić information content (AvgIpc) is 2.41. The standard InChI is InChI=1S/C15H17ClO3/c1-9-6-7-10(8-13(9)16)14(17)11-4-2-3-5-12(11)15(18)19/h6-8,11-12H,2-5H2,1H3,(H,18,19). The molecule has 1 aromatic rings. The summed E-state index contributed by atoms with van der Waals surface area (Å²) in [7, 11) is 0. The number of hydrogen-bond donors (Lipinski definition) is 1. The monoisotopic (exact) mass is 280 g/mol. The zero-order chi connectivity index (χ0) is 14.0. The first-order chi connectivity index (χ1) is 9.00. The highest BCUT2D eigenvalue weighted by Gasteiger charge is 2.36. The lowest BCUT2D eigenvalue weighted by Crippen LogP contribution is -2.32. The lowest BCUT2D eigenvalue weighted by atomic mass is 9.75. The molecule has 1 saturated carbocycles. The molecule has 3 nitrogen and oxygen atoms in total. The lowest BCUT2D eigenvalue weighted by molar-refractivity contribution is -0.144. The number of Topliss-reactive ketones (excluding diaryl/α,β-unsaturated/α-hetero) is 1. The molecular weight excluding hydrogens is 264 g/mol. The van der Waals surface area contributed by atoms with Gasteiger partial charge in [0.25, 0.3) is 0 Å². The molecule has 0 heterocycles. The number of carbonyl (C=O) groups excluding carboxylic acids is 1. The molecule has 1 fully saturated rings. The summed E-state index contributed by atoms with van der Waals surface area (Å²) in [6.45, 7) is 1.87. The Morgan fingerprint density at radius 2 is 1.84 bits per heavy atom. The highest BCUT2D eigenvalue weighted by Crippen LogP contribution is 2.33. The second-order valence-corrected chi connectivity index (χ2v) is 5.57. The van der Waals surface area contributed by atoms with Crippen molar-refractivity contribution in [3.63, 3.8) is 0 Å². The molecule has 0 bridgehead atoms. The number of carboxylic acids is 1. The summed E-state index contributed by atoms with van der Waals surface area (Å²) in [6, 6.07) is 5.18. The second kappa shape index (κ2) is 5.74. The van der Waals surface area contributed by atoms with Gasteiger partial charge in [-0.1, -0.05) is 36.6 Å². The molecule has 1 aromatic carbocycles. The Bertz CT molecular complexity index is 510. The number of hydrogen-bond acceptors (Lipinski definition) is 2. The Morgan fingerprint density at radius 3 is 2.42 bits per heavy atom. The highest BCUT2D eigenvalue weighted by molar-refractivity contribution is 6.31. The van der Waals surface area contributed by atoms with Crippen LogP contribution in [0.25, 0.3) is 0 Å². The zero-order valence-corrected chi connectivity index (χ0v) is 11.6. The third-order valence-corrected chi connectivity index (χ3v) is 4.28. The molecule has 1 N–H and O–H groups in total. The van der Waals surface area contributed by atoms with Crippen LogP contribution in [0, 0.1) is 18.8 Å². The quantitative estimate of drug-likeness (QED) is 0.859. The first kappa shape index (κ1) is 14.1. The van der Waals surface area contributed by atoms with Gasteiger partial charge in [-0.2, -0.15) is 0 Å². The maximum atomic E-state index is 12.5. The third kappa shape index (κ3) is 2.98. The summed E-state index contributed by atoms with van der Waals surface area (Å²) in [5.74, 6) is -1.92. The molecule has 2 unspecified atom stereocenters. The molecule has 0 aliphatic heterocycles. The molecule has 2 atom stereocenters. The maximum Gasteiger partial charge on any atom is 0.307 e. The summed E-state index contributed by atoms with van der Waals surface area (Å²) in [6.07, 6.45) is 3.04. The Balaban J connectivity index is 2.26. The minimum absolute atomic E-state index is 0.0889. The first-order valence-corrected chi connectivity index (χ1v) is 6.91. The van der Waals surface area contributed by atoms with Gasteiger partial charge in [0.15, 0.2) is 5.78 Å². The van der Waals surface area contributed by atoms with E-state index >= 15 is 0 Å². The minimum Gasteiger partial charge on any atom is -0.481 e. The Hall–Kier alpha value is -1.35. The van der Waals surface area contributed by atoms with Crippen LogP contribution in [0.3, 0.4) is 0 Å². The molecule has 0 aromatic heterocycles. The number of ketones is 1. The third-order valence-electron chi connectivity index (χ3n) is 3.88. The van der Waals surface area contributed by atoms with E-state index in [-0.39, 0.29) is 5.78 Å². The van der Waals surface area contributed by atoms with Crippen LogP contribution in [0.1, 0.15) is 41.6 Å². The molecule has 0 saturated heterocycles. The first-order valence-electron chi connectivity index (χ1n) is 6.54. The van der Waals surface area contributed by atoms with Gasteiger partial charge >= 0.3 is 5.97 Å². The average molecular weight is 281 g/mol. The van der Waals surface area contributed by atoms with Gasteiger partial charge in [-0.05, 0) is 31.4 Å². The smallest absolute Gasteiger partial charge is 0.307 e. The van der Waals surface area contributed by atoms with Gasteiger partial charge < -0.3 is 5.11 Å². The summed E-state index contributed by atoms with van der Waals surface area (Å²) >= 11 is 6.03. The highest BCUT2D eigenvalue weighted by atomic mass is 35.5. The number of aryl methyl sites for hydroxylation is 1. The Kier molecular flexibility index (Phi) is 4.25. The summed E-state index contributed by atoms with van der Waals surface area (Å²) < 4.78 is 0. The largest absolute Gasteiger partial charge is 0.481 e. The van der Waals surface area contributed by atoms with E-state index < -0.39 is 17.8 Å². The fourth-order valence-electron chi connectivity index (χ4n) is 2.70. The fourth-order valence-corrected chi connectivity index (χ4v) is 2.88. The molecule has 0 radical (unpaired) electrons. The van der Waals surface area contributed by atoms with Crippen molar-refractivity contribution < 1.29 is 14.7 Å². The van der Waals surface area contributed by atoms with E-state index in [1.807, 2.05) is 6.92 Å². The van der Waals surface area contributed by atoms with Crippen molar-refractivity contribution in [2.24, 2.45) is 11.8 Å². The van der Waals surface area contributed by atoms with Crippen LogP contribution in [-0.2, 0) is 4.79 Å². The van der Waals surface area contributed by atoms with Crippen LogP contribution in [-0.4, -0.2) is 16.9 Å². The van der Waals surface area contributed by atoms with E-state index in [0.717, 1.165) is 18.4 Å². The Morgan fingerprint density at radius 1 is 1.21 bits per heavy atom.